The molecular formula is C18H26N2O. The number of benzene rings is 1. The molecule has 21 heavy (non-hydrogen) atoms. The Kier molecular flexibility index (Phi) is 3.58. The SMILES string of the molecule is CC1(C)CC=C(c2cc(C3(C)NCCO3)ccc2N)CC1. The molecule has 1 fully saturated rings. The first-order chi connectivity index (χ1) is 9.90. The summed E-state index contributed by atoms with van der Waals surface area (Å²) in [5.74, 6) is 0. The monoisotopic (exact) mass is 286 g/mol. The van der Waals surface area contributed by atoms with Gasteiger partial charge in [-0.15, -0.1) is 0 Å². The maximum Gasteiger partial charge on any atom is 0.142 e. The van der Waals surface area contributed by atoms with Crippen LogP contribution in [0.3, 0.4) is 0 Å². The smallest absolute Gasteiger partial charge is 0.142 e. The summed E-state index contributed by atoms with van der Waals surface area (Å²) in [4.78, 5) is 0. The summed E-state index contributed by atoms with van der Waals surface area (Å²) in [7, 11) is 0. The van der Waals surface area contributed by atoms with Gasteiger partial charge in [0.2, 0.25) is 0 Å². The van der Waals surface area contributed by atoms with Gasteiger partial charge in [0, 0.05) is 17.8 Å². The lowest BCUT2D eigenvalue weighted by Crippen LogP contribution is -2.34. The molecule has 1 aliphatic heterocycles. The molecule has 1 aromatic carbocycles. The second kappa shape index (κ2) is 5.15. The molecular weight excluding hydrogens is 260 g/mol. The molecule has 3 rings (SSSR count). The third-order valence-electron chi connectivity index (χ3n) is 4.88. The molecule has 3 heteroatoms. The van der Waals surface area contributed by atoms with Gasteiger partial charge in [0.1, 0.15) is 5.72 Å². The van der Waals surface area contributed by atoms with E-state index in [4.69, 9.17) is 10.5 Å². The zero-order chi connectivity index (χ0) is 15.1. The minimum atomic E-state index is -0.378. The number of anilines is 1. The summed E-state index contributed by atoms with van der Waals surface area (Å²) in [5.41, 5.74) is 10.9. The molecule has 0 saturated carbocycles. The third-order valence-corrected chi connectivity index (χ3v) is 4.88. The highest BCUT2D eigenvalue weighted by Crippen LogP contribution is 2.40. The van der Waals surface area contributed by atoms with E-state index in [-0.39, 0.29) is 5.72 Å². The fraction of sp³-hybridized carbons (Fsp3) is 0.556. The number of allylic oxidation sites excluding steroid dienone is 2. The van der Waals surface area contributed by atoms with Crippen LogP contribution < -0.4 is 11.1 Å². The highest BCUT2D eigenvalue weighted by Gasteiger charge is 2.32. The summed E-state index contributed by atoms with van der Waals surface area (Å²) in [5, 5.41) is 3.43. The lowest BCUT2D eigenvalue weighted by molar-refractivity contribution is 0.00247. The van der Waals surface area contributed by atoms with E-state index in [1.54, 1.807) is 0 Å². The zero-order valence-corrected chi connectivity index (χ0v) is 13.3. The van der Waals surface area contributed by atoms with Crippen molar-refractivity contribution in [2.24, 2.45) is 5.41 Å². The van der Waals surface area contributed by atoms with Gasteiger partial charge in [-0.3, -0.25) is 5.32 Å². The maximum atomic E-state index is 6.23. The first-order valence-corrected chi connectivity index (χ1v) is 7.88. The molecule has 1 unspecified atom stereocenters. The summed E-state index contributed by atoms with van der Waals surface area (Å²) in [6.45, 7) is 8.41. The molecule has 0 radical (unpaired) electrons. The van der Waals surface area contributed by atoms with E-state index in [1.807, 2.05) is 6.07 Å². The molecule has 1 atom stereocenters. The molecule has 2 aliphatic rings. The molecule has 114 valence electrons. The van der Waals surface area contributed by atoms with Gasteiger partial charge in [0.15, 0.2) is 0 Å². The topological polar surface area (TPSA) is 47.3 Å². The standard InChI is InChI=1S/C18H26N2O/c1-17(2)8-6-13(7-9-17)15-12-14(4-5-16(15)19)18(3)20-10-11-21-18/h4-6,12,20H,7-11,19H2,1-3H3. The molecule has 1 aliphatic carbocycles. The predicted molar refractivity (Wildman–Crippen MR) is 87.8 cm³/mol. The number of ether oxygens (including phenoxy) is 1. The fourth-order valence-corrected chi connectivity index (χ4v) is 3.23. The first kappa shape index (κ1) is 14.6. The van der Waals surface area contributed by atoms with Crippen LogP contribution in [0, 0.1) is 5.41 Å². The summed E-state index contributed by atoms with van der Waals surface area (Å²) >= 11 is 0. The number of nitrogens with one attached hydrogen (secondary N) is 1. The highest BCUT2D eigenvalue weighted by molar-refractivity contribution is 5.76. The van der Waals surface area contributed by atoms with Gasteiger partial charge in [0.25, 0.3) is 0 Å². The van der Waals surface area contributed by atoms with E-state index < -0.39 is 0 Å². The van der Waals surface area contributed by atoms with Crippen LogP contribution in [-0.2, 0) is 10.5 Å². The van der Waals surface area contributed by atoms with Crippen LogP contribution in [-0.4, -0.2) is 13.2 Å². The van der Waals surface area contributed by atoms with Crippen LogP contribution in [0.15, 0.2) is 24.3 Å². The first-order valence-electron chi connectivity index (χ1n) is 7.88. The lowest BCUT2D eigenvalue weighted by atomic mass is 9.76. The maximum absolute atomic E-state index is 6.23. The lowest BCUT2D eigenvalue weighted by Gasteiger charge is -2.30. The van der Waals surface area contributed by atoms with Crippen molar-refractivity contribution in [3.8, 4) is 0 Å². The average molecular weight is 286 g/mol. The van der Waals surface area contributed by atoms with Gasteiger partial charge in [0.05, 0.1) is 6.61 Å². The van der Waals surface area contributed by atoms with Crippen molar-refractivity contribution in [3.63, 3.8) is 0 Å². The Balaban J connectivity index is 1.94. The van der Waals surface area contributed by atoms with Crippen molar-refractivity contribution in [1.82, 2.24) is 5.32 Å². The molecule has 0 aromatic heterocycles. The van der Waals surface area contributed by atoms with Crippen LogP contribution in [0.25, 0.3) is 5.57 Å². The summed E-state index contributed by atoms with van der Waals surface area (Å²) < 4.78 is 5.87. The van der Waals surface area contributed by atoms with Crippen LogP contribution in [0.1, 0.15) is 51.2 Å². The molecule has 0 bridgehead atoms. The second-order valence-electron chi connectivity index (χ2n) is 7.21. The Hall–Kier alpha value is -1.32. The Labute approximate surface area is 127 Å². The highest BCUT2D eigenvalue weighted by atomic mass is 16.5. The van der Waals surface area contributed by atoms with E-state index >= 15 is 0 Å². The fourth-order valence-electron chi connectivity index (χ4n) is 3.23. The number of nitrogens with two attached hydrogens (primary N) is 1. The number of rotatable bonds is 2. The van der Waals surface area contributed by atoms with Crippen LogP contribution in [0.4, 0.5) is 5.69 Å². The van der Waals surface area contributed by atoms with Gasteiger partial charge in [-0.1, -0.05) is 26.0 Å². The van der Waals surface area contributed by atoms with Crippen molar-refractivity contribution in [2.75, 3.05) is 18.9 Å². The number of nitrogen functional groups attached to an aromatic ring is 1. The van der Waals surface area contributed by atoms with Crippen molar-refractivity contribution in [1.29, 1.82) is 0 Å². The minimum Gasteiger partial charge on any atom is -0.398 e. The van der Waals surface area contributed by atoms with Crippen molar-refractivity contribution >= 4 is 11.3 Å². The quantitative estimate of drug-likeness (QED) is 0.816. The van der Waals surface area contributed by atoms with Gasteiger partial charge in [-0.2, -0.15) is 0 Å². The van der Waals surface area contributed by atoms with Crippen molar-refractivity contribution in [2.45, 2.75) is 45.8 Å². The summed E-state index contributed by atoms with van der Waals surface area (Å²) in [6, 6.07) is 6.29. The number of hydrogen-bond acceptors (Lipinski definition) is 3. The zero-order valence-electron chi connectivity index (χ0n) is 13.3. The van der Waals surface area contributed by atoms with E-state index in [0.717, 1.165) is 37.2 Å². The third kappa shape index (κ3) is 2.85. The average Bonchev–Trinajstić information content (AvgIpc) is 2.88. The molecule has 3 N–H and O–H groups in total. The molecule has 0 spiro atoms. The van der Waals surface area contributed by atoms with Gasteiger partial charge in [-0.25, -0.2) is 0 Å². The largest absolute Gasteiger partial charge is 0.398 e. The van der Waals surface area contributed by atoms with Gasteiger partial charge >= 0.3 is 0 Å². The van der Waals surface area contributed by atoms with E-state index in [0.29, 0.717) is 5.41 Å². The van der Waals surface area contributed by atoms with Gasteiger partial charge < -0.3 is 10.5 Å². The Morgan fingerprint density at radius 3 is 2.67 bits per heavy atom. The summed E-state index contributed by atoms with van der Waals surface area (Å²) in [6.07, 6.45) is 5.81. The Bertz CT molecular complexity index is 569. The second-order valence-corrected chi connectivity index (χ2v) is 7.21. The van der Waals surface area contributed by atoms with E-state index in [1.165, 1.54) is 17.6 Å². The molecule has 1 heterocycles. The van der Waals surface area contributed by atoms with Crippen LogP contribution in [0.5, 0.6) is 0 Å². The Morgan fingerprint density at radius 2 is 2.05 bits per heavy atom. The van der Waals surface area contributed by atoms with Gasteiger partial charge in [-0.05, 0) is 54.9 Å². The molecule has 1 aromatic rings. The predicted octanol–water partition coefficient (Wildman–Crippen LogP) is 3.65. The van der Waals surface area contributed by atoms with E-state index in [2.05, 4.69) is 44.3 Å². The van der Waals surface area contributed by atoms with Crippen LogP contribution in [0.2, 0.25) is 0 Å². The minimum absolute atomic E-state index is 0.378. The van der Waals surface area contributed by atoms with Crippen molar-refractivity contribution in [3.05, 3.63) is 35.4 Å². The number of hydrogen-bond donors (Lipinski definition) is 2. The molecule has 3 nitrogen and oxygen atoms in total. The van der Waals surface area contributed by atoms with Crippen LogP contribution >= 0.6 is 0 Å². The van der Waals surface area contributed by atoms with Crippen molar-refractivity contribution < 1.29 is 4.74 Å². The molecule has 1 saturated heterocycles. The van der Waals surface area contributed by atoms with E-state index in [9.17, 15) is 0 Å². The normalized spacial score (nSPS) is 28.4. The Morgan fingerprint density at radius 1 is 1.24 bits per heavy atom. The molecule has 0 amide bonds.